The van der Waals surface area contributed by atoms with Crippen LogP contribution in [0.25, 0.3) is 0 Å². The van der Waals surface area contributed by atoms with E-state index in [1.807, 2.05) is 17.5 Å². The summed E-state index contributed by atoms with van der Waals surface area (Å²) in [5.41, 5.74) is 7.10. The van der Waals surface area contributed by atoms with Crippen molar-refractivity contribution < 1.29 is 4.79 Å². The number of nitrogens with two attached hydrogens (primary N) is 1. The molecule has 2 aromatic rings. The van der Waals surface area contributed by atoms with Gasteiger partial charge in [-0.2, -0.15) is 0 Å². The zero-order chi connectivity index (χ0) is 15.4. The van der Waals surface area contributed by atoms with Crippen molar-refractivity contribution >= 4 is 60.4 Å². The van der Waals surface area contributed by atoms with Crippen LogP contribution in [0, 0.1) is 11.8 Å². The third kappa shape index (κ3) is 4.41. The van der Waals surface area contributed by atoms with Crippen LogP contribution in [-0.4, -0.2) is 24.4 Å². The predicted octanol–water partition coefficient (Wildman–Crippen LogP) is 3.92. The minimum absolute atomic E-state index is 0.00961. The summed E-state index contributed by atoms with van der Waals surface area (Å²) in [6.45, 7) is 0.909. The third-order valence-corrected chi connectivity index (χ3v) is 5.85. The van der Waals surface area contributed by atoms with Crippen molar-refractivity contribution in [2.75, 3.05) is 13.6 Å². The SMILES string of the molecule is CN(Cc1csc(C#CCN)c1)C(=O)c1cc(Br)sc1Br. The van der Waals surface area contributed by atoms with Gasteiger partial charge in [-0.1, -0.05) is 11.8 Å². The molecule has 110 valence electrons. The van der Waals surface area contributed by atoms with E-state index in [0.29, 0.717) is 18.7 Å². The molecule has 2 rings (SSSR count). The quantitative estimate of drug-likeness (QED) is 0.724. The second-order valence-corrected chi connectivity index (χ2v) is 8.88. The molecule has 7 heteroatoms. The number of thiophene rings is 2. The smallest absolute Gasteiger partial charge is 0.255 e. The Labute approximate surface area is 148 Å². The molecule has 0 saturated heterocycles. The van der Waals surface area contributed by atoms with Gasteiger partial charge < -0.3 is 10.6 Å². The fourth-order valence-corrected chi connectivity index (χ4v) is 5.25. The second kappa shape index (κ2) is 7.56. The molecule has 2 N–H and O–H groups in total. The summed E-state index contributed by atoms with van der Waals surface area (Å²) >= 11 is 9.86. The lowest BCUT2D eigenvalue weighted by Gasteiger charge is -2.15. The molecule has 0 saturated carbocycles. The molecule has 0 atom stereocenters. The lowest BCUT2D eigenvalue weighted by Crippen LogP contribution is -2.25. The lowest BCUT2D eigenvalue weighted by molar-refractivity contribution is 0.0785. The number of hydrogen-bond acceptors (Lipinski definition) is 4. The van der Waals surface area contributed by atoms with E-state index < -0.39 is 0 Å². The van der Waals surface area contributed by atoms with Gasteiger partial charge in [0.2, 0.25) is 0 Å². The molecule has 0 aliphatic heterocycles. The molecule has 0 spiro atoms. The summed E-state index contributed by atoms with van der Waals surface area (Å²) in [4.78, 5) is 15.1. The molecule has 1 amide bonds. The number of rotatable bonds is 3. The van der Waals surface area contributed by atoms with Crippen molar-refractivity contribution in [3.05, 3.63) is 41.1 Å². The van der Waals surface area contributed by atoms with Gasteiger partial charge >= 0.3 is 0 Å². The van der Waals surface area contributed by atoms with Crippen LogP contribution in [0.15, 0.2) is 25.1 Å². The Bertz CT molecular complexity index is 712. The van der Waals surface area contributed by atoms with E-state index in [1.54, 1.807) is 23.3 Å². The minimum atomic E-state index is -0.00961. The number of amides is 1. The summed E-state index contributed by atoms with van der Waals surface area (Å²) in [5.74, 6) is 5.82. The topological polar surface area (TPSA) is 46.3 Å². The first-order chi connectivity index (χ1) is 10.0. The van der Waals surface area contributed by atoms with Gasteiger partial charge in [0.1, 0.15) is 0 Å². The van der Waals surface area contributed by atoms with Crippen LogP contribution in [0.3, 0.4) is 0 Å². The molecule has 0 fully saturated rings. The predicted molar refractivity (Wildman–Crippen MR) is 95.8 cm³/mol. The monoisotopic (exact) mass is 446 g/mol. The van der Waals surface area contributed by atoms with Gasteiger partial charge in [-0.25, -0.2) is 0 Å². The average molecular weight is 448 g/mol. The van der Waals surface area contributed by atoms with Gasteiger partial charge in [0, 0.05) is 13.6 Å². The number of nitrogens with zero attached hydrogens (tertiary/aromatic N) is 1. The highest BCUT2D eigenvalue weighted by atomic mass is 79.9. The maximum absolute atomic E-state index is 12.4. The van der Waals surface area contributed by atoms with Crippen molar-refractivity contribution in [2.45, 2.75) is 6.54 Å². The fraction of sp³-hybridized carbons (Fsp3) is 0.214. The third-order valence-electron chi connectivity index (χ3n) is 2.62. The van der Waals surface area contributed by atoms with Crippen LogP contribution in [0.1, 0.15) is 20.8 Å². The van der Waals surface area contributed by atoms with Crippen molar-refractivity contribution in [2.24, 2.45) is 5.73 Å². The van der Waals surface area contributed by atoms with Crippen LogP contribution in [0.2, 0.25) is 0 Å². The van der Waals surface area contributed by atoms with Gasteiger partial charge in [0.25, 0.3) is 5.91 Å². The number of carbonyl (C=O) groups excluding carboxylic acids is 1. The van der Waals surface area contributed by atoms with Crippen LogP contribution >= 0.6 is 54.5 Å². The van der Waals surface area contributed by atoms with Gasteiger partial charge in [0.05, 0.1) is 24.6 Å². The zero-order valence-electron chi connectivity index (χ0n) is 11.2. The van der Waals surface area contributed by atoms with Gasteiger partial charge in [0.15, 0.2) is 0 Å². The highest BCUT2D eigenvalue weighted by Crippen LogP contribution is 2.32. The zero-order valence-corrected chi connectivity index (χ0v) is 16.0. The van der Waals surface area contributed by atoms with E-state index in [4.69, 9.17) is 5.73 Å². The summed E-state index contributed by atoms with van der Waals surface area (Å²) in [6.07, 6.45) is 0. The van der Waals surface area contributed by atoms with Gasteiger partial charge in [-0.15, -0.1) is 22.7 Å². The number of carbonyl (C=O) groups is 1. The standard InChI is InChI=1S/C14H12Br2N2OS2/c1-18(14(19)11-6-12(15)21-13(11)16)7-9-5-10(20-8-9)3-2-4-17/h5-6,8H,4,7,17H2,1H3. The summed E-state index contributed by atoms with van der Waals surface area (Å²) in [5, 5.41) is 2.02. The molecule has 2 aromatic heterocycles. The van der Waals surface area contributed by atoms with Crippen molar-refractivity contribution in [1.82, 2.24) is 4.90 Å². The van der Waals surface area contributed by atoms with Crippen molar-refractivity contribution in [3.8, 4) is 11.8 Å². The summed E-state index contributed by atoms with van der Waals surface area (Å²) < 4.78 is 1.77. The number of hydrogen-bond donors (Lipinski definition) is 1. The Kier molecular flexibility index (Phi) is 6.02. The van der Waals surface area contributed by atoms with Crippen molar-refractivity contribution in [1.29, 1.82) is 0 Å². The Hall–Kier alpha value is -0.650. The highest BCUT2D eigenvalue weighted by molar-refractivity contribution is 9.12. The van der Waals surface area contributed by atoms with E-state index in [2.05, 4.69) is 43.7 Å². The molecule has 3 nitrogen and oxygen atoms in total. The second-order valence-electron chi connectivity index (χ2n) is 4.22. The first-order valence-corrected chi connectivity index (χ1v) is 9.26. The van der Waals surface area contributed by atoms with Crippen LogP contribution in [0.5, 0.6) is 0 Å². The molecule has 0 unspecified atom stereocenters. The van der Waals surface area contributed by atoms with Gasteiger partial charge in [-0.05, 0) is 54.9 Å². The lowest BCUT2D eigenvalue weighted by atomic mass is 10.2. The van der Waals surface area contributed by atoms with E-state index in [1.165, 1.54) is 11.3 Å². The summed E-state index contributed by atoms with van der Waals surface area (Å²) in [6, 6.07) is 3.83. The Morgan fingerprint density at radius 2 is 2.19 bits per heavy atom. The van der Waals surface area contributed by atoms with Crippen LogP contribution in [0.4, 0.5) is 0 Å². The molecule has 21 heavy (non-hydrogen) atoms. The molecular formula is C14H12Br2N2OS2. The normalized spacial score (nSPS) is 10.1. The minimum Gasteiger partial charge on any atom is -0.337 e. The molecule has 0 aliphatic rings. The number of halogens is 2. The molecule has 0 aliphatic carbocycles. The van der Waals surface area contributed by atoms with Crippen molar-refractivity contribution in [3.63, 3.8) is 0 Å². The largest absolute Gasteiger partial charge is 0.337 e. The van der Waals surface area contributed by atoms with Crippen LogP contribution < -0.4 is 5.73 Å². The van der Waals surface area contributed by atoms with E-state index in [-0.39, 0.29) is 5.91 Å². The Morgan fingerprint density at radius 3 is 2.81 bits per heavy atom. The summed E-state index contributed by atoms with van der Waals surface area (Å²) in [7, 11) is 1.79. The average Bonchev–Trinajstić information content (AvgIpc) is 3.02. The molecule has 0 radical (unpaired) electrons. The van der Waals surface area contributed by atoms with E-state index in [0.717, 1.165) is 18.0 Å². The molecular weight excluding hydrogens is 436 g/mol. The van der Waals surface area contributed by atoms with E-state index in [9.17, 15) is 4.79 Å². The highest BCUT2D eigenvalue weighted by Gasteiger charge is 2.18. The molecule has 0 aromatic carbocycles. The molecule has 2 heterocycles. The van der Waals surface area contributed by atoms with E-state index >= 15 is 0 Å². The maximum Gasteiger partial charge on any atom is 0.255 e. The Morgan fingerprint density at radius 1 is 1.43 bits per heavy atom. The fourth-order valence-electron chi connectivity index (χ4n) is 1.70. The van der Waals surface area contributed by atoms with Crippen LogP contribution in [-0.2, 0) is 6.54 Å². The Balaban J connectivity index is 2.07. The first-order valence-electron chi connectivity index (χ1n) is 5.98. The first kappa shape index (κ1) is 16.7. The molecule has 0 bridgehead atoms. The maximum atomic E-state index is 12.4. The van der Waals surface area contributed by atoms with Gasteiger partial charge in [-0.3, -0.25) is 4.79 Å².